The third-order valence-electron chi connectivity index (χ3n) is 4.84. The number of carbonyl (C=O) groups is 3. The third-order valence-corrected chi connectivity index (χ3v) is 4.84. The Balaban J connectivity index is 1.59. The molecule has 0 bridgehead atoms. The average Bonchev–Trinajstić information content (AvgIpc) is 2.81. The average molecular weight is 335 g/mol. The van der Waals surface area contributed by atoms with Gasteiger partial charge in [-0.15, -0.1) is 0 Å². The lowest BCUT2D eigenvalue weighted by molar-refractivity contribution is -0.170. The molecular formula is C20H17NO4. The molecule has 126 valence electrons. The van der Waals surface area contributed by atoms with Gasteiger partial charge in [-0.3, -0.25) is 9.59 Å². The number of amides is 2. The van der Waals surface area contributed by atoms with Gasteiger partial charge in [0.25, 0.3) is 11.8 Å². The van der Waals surface area contributed by atoms with Crippen LogP contribution in [-0.2, 0) is 16.1 Å². The van der Waals surface area contributed by atoms with Crippen LogP contribution in [0, 0.1) is 0 Å². The van der Waals surface area contributed by atoms with Crippen LogP contribution in [-0.4, -0.2) is 22.8 Å². The quantitative estimate of drug-likeness (QED) is 0.624. The molecule has 0 radical (unpaired) electrons. The minimum absolute atomic E-state index is 0.265. The molecule has 5 nitrogen and oxygen atoms in total. The van der Waals surface area contributed by atoms with E-state index in [0.717, 1.165) is 30.4 Å². The molecule has 0 fully saturated rings. The molecule has 0 N–H and O–H groups in total. The molecule has 2 amide bonds. The van der Waals surface area contributed by atoms with Gasteiger partial charge in [0.15, 0.2) is 0 Å². The zero-order valence-corrected chi connectivity index (χ0v) is 13.6. The summed E-state index contributed by atoms with van der Waals surface area (Å²) in [5.41, 5.74) is 2.59. The molecule has 0 saturated carbocycles. The second kappa shape index (κ2) is 6.16. The largest absolute Gasteiger partial charge is 0.340 e. The molecular weight excluding hydrogens is 318 g/mol. The molecule has 1 aliphatic heterocycles. The zero-order chi connectivity index (χ0) is 17.4. The van der Waals surface area contributed by atoms with Crippen LogP contribution < -0.4 is 0 Å². The highest BCUT2D eigenvalue weighted by Gasteiger charge is 2.40. The first-order valence-corrected chi connectivity index (χ1v) is 8.44. The van der Waals surface area contributed by atoms with Crippen molar-refractivity contribution in [2.45, 2.75) is 31.6 Å². The second-order valence-corrected chi connectivity index (χ2v) is 6.36. The smallest absolute Gasteiger partial charge is 0.329 e. The van der Waals surface area contributed by atoms with Gasteiger partial charge in [0.2, 0.25) is 0 Å². The molecule has 2 aromatic rings. The van der Waals surface area contributed by atoms with Gasteiger partial charge >= 0.3 is 5.97 Å². The molecule has 5 heteroatoms. The van der Waals surface area contributed by atoms with E-state index in [2.05, 4.69) is 0 Å². The van der Waals surface area contributed by atoms with E-state index in [1.165, 1.54) is 0 Å². The van der Waals surface area contributed by atoms with Crippen LogP contribution in [0.4, 0.5) is 0 Å². The fraction of sp³-hybridized carbons (Fsp3) is 0.250. The van der Waals surface area contributed by atoms with Gasteiger partial charge in [-0.1, -0.05) is 47.9 Å². The lowest BCUT2D eigenvalue weighted by atomic mass is 9.93. The molecule has 1 atom stereocenters. The number of hydrogen-bond acceptors (Lipinski definition) is 4. The van der Waals surface area contributed by atoms with Crippen molar-refractivity contribution in [2.24, 2.45) is 0 Å². The van der Waals surface area contributed by atoms with Crippen molar-refractivity contribution in [3.8, 4) is 0 Å². The van der Waals surface area contributed by atoms with Crippen LogP contribution in [0.15, 0.2) is 48.5 Å². The second-order valence-electron chi connectivity index (χ2n) is 6.36. The highest BCUT2D eigenvalue weighted by Crippen LogP contribution is 2.32. The standard InChI is InChI=1S/C20H17NO4/c22-18-15-10-5-6-11-16(15)19(23)21(18)25-20(24)17-12-4-2-8-13-7-1-3-9-14(13)17/h1,3,5-7,9-11,17H,2,4,8,12H2. The fourth-order valence-corrected chi connectivity index (χ4v) is 3.57. The summed E-state index contributed by atoms with van der Waals surface area (Å²) in [5.74, 6) is -2.18. The fourth-order valence-electron chi connectivity index (χ4n) is 3.57. The number of aryl methyl sites for hydroxylation is 1. The molecule has 2 aromatic carbocycles. The maximum Gasteiger partial charge on any atom is 0.340 e. The first-order valence-electron chi connectivity index (χ1n) is 8.44. The van der Waals surface area contributed by atoms with E-state index in [-0.39, 0.29) is 11.1 Å². The summed E-state index contributed by atoms with van der Waals surface area (Å²) in [4.78, 5) is 42.7. The summed E-state index contributed by atoms with van der Waals surface area (Å²) in [5, 5.41) is 0.598. The SMILES string of the molecule is O=C(ON1C(=O)c2ccccc2C1=O)C1CCCCc2ccccc21. The van der Waals surface area contributed by atoms with Gasteiger partial charge in [0, 0.05) is 0 Å². The summed E-state index contributed by atoms with van der Waals surface area (Å²) >= 11 is 0. The van der Waals surface area contributed by atoms with Gasteiger partial charge in [0.1, 0.15) is 0 Å². The van der Waals surface area contributed by atoms with Crippen LogP contribution >= 0.6 is 0 Å². The topological polar surface area (TPSA) is 63.7 Å². The minimum Gasteiger partial charge on any atom is -0.329 e. The van der Waals surface area contributed by atoms with Crippen molar-refractivity contribution in [1.29, 1.82) is 0 Å². The number of hydroxylamine groups is 2. The van der Waals surface area contributed by atoms with E-state index < -0.39 is 23.7 Å². The van der Waals surface area contributed by atoms with E-state index >= 15 is 0 Å². The van der Waals surface area contributed by atoms with E-state index in [9.17, 15) is 14.4 Å². The molecule has 25 heavy (non-hydrogen) atoms. The predicted octanol–water partition coefficient (Wildman–Crippen LogP) is 3.25. The van der Waals surface area contributed by atoms with Crippen LogP contribution in [0.2, 0.25) is 0 Å². The molecule has 1 heterocycles. The van der Waals surface area contributed by atoms with Gasteiger partial charge in [-0.2, -0.15) is 0 Å². The number of carbonyl (C=O) groups excluding carboxylic acids is 3. The molecule has 4 rings (SSSR count). The number of benzene rings is 2. The Morgan fingerprint density at radius 3 is 2.28 bits per heavy atom. The van der Waals surface area contributed by atoms with E-state index in [1.54, 1.807) is 24.3 Å². The van der Waals surface area contributed by atoms with Gasteiger partial charge in [-0.25, -0.2) is 4.79 Å². The van der Waals surface area contributed by atoms with Crippen molar-refractivity contribution in [1.82, 2.24) is 5.06 Å². The summed E-state index contributed by atoms with van der Waals surface area (Å²) in [6.45, 7) is 0. The number of nitrogens with zero attached hydrogens (tertiary/aromatic N) is 1. The molecule has 1 aliphatic carbocycles. The van der Waals surface area contributed by atoms with Crippen molar-refractivity contribution in [3.63, 3.8) is 0 Å². The van der Waals surface area contributed by atoms with Crippen molar-refractivity contribution < 1.29 is 19.2 Å². The van der Waals surface area contributed by atoms with Gasteiger partial charge in [0.05, 0.1) is 17.0 Å². The number of imide groups is 1. The summed E-state index contributed by atoms with van der Waals surface area (Å²) in [6.07, 6.45) is 3.48. The lowest BCUT2D eigenvalue weighted by Gasteiger charge is -2.19. The molecule has 0 spiro atoms. The van der Waals surface area contributed by atoms with Crippen LogP contribution in [0.25, 0.3) is 0 Å². The van der Waals surface area contributed by atoms with E-state index in [4.69, 9.17) is 4.84 Å². The summed E-state index contributed by atoms with van der Waals surface area (Å²) in [6, 6.07) is 14.3. The first kappa shape index (κ1) is 15.6. The molecule has 1 unspecified atom stereocenters. The van der Waals surface area contributed by atoms with Crippen molar-refractivity contribution >= 4 is 17.8 Å². The summed E-state index contributed by atoms with van der Waals surface area (Å²) < 4.78 is 0. The van der Waals surface area contributed by atoms with Crippen LogP contribution in [0.3, 0.4) is 0 Å². The number of fused-ring (bicyclic) bond motifs is 2. The molecule has 0 saturated heterocycles. The normalized spacial score (nSPS) is 19.2. The Bertz CT molecular complexity index is 839. The Hall–Kier alpha value is -2.95. The number of rotatable bonds is 2. The van der Waals surface area contributed by atoms with Gasteiger partial charge in [-0.05, 0) is 42.5 Å². The highest BCUT2D eigenvalue weighted by atomic mass is 16.7. The van der Waals surface area contributed by atoms with Crippen molar-refractivity contribution in [3.05, 3.63) is 70.8 Å². The minimum atomic E-state index is -0.587. The monoisotopic (exact) mass is 335 g/mol. The first-order chi connectivity index (χ1) is 12.2. The molecule has 0 aromatic heterocycles. The highest BCUT2D eigenvalue weighted by molar-refractivity contribution is 6.20. The van der Waals surface area contributed by atoms with Gasteiger partial charge < -0.3 is 4.84 Å². The number of hydrogen-bond donors (Lipinski definition) is 0. The Labute approximate surface area is 145 Å². The Morgan fingerprint density at radius 2 is 1.56 bits per heavy atom. The van der Waals surface area contributed by atoms with Crippen LogP contribution in [0.5, 0.6) is 0 Å². The van der Waals surface area contributed by atoms with E-state index in [0.29, 0.717) is 11.5 Å². The molecule has 2 aliphatic rings. The Morgan fingerprint density at radius 1 is 0.920 bits per heavy atom. The third kappa shape index (κ3) is 2.61. The zero-order valence-electron chi connectivity index (χ0n) is 13.6. The van der Waals surface area contributed by atoms with E-state index in [1.807, 2.05) is 24.3 Å². The lowest BCUT2D eigenvalue weighted by Crippen LogP contribution is -2.34. The summed E-state index contributed by atoms with van der Waals surface area (Å²) in [7, 11) is 0. The maximum absolute atomic E-state index is 12.7. The Kier molecular flexibility index (Phi) is 3.84. The van der Waals surface area contributed by atoms with Crippen molar-refractivity contribution in [2.75, 3.05) is 0 Å². The predicted molar refractivity (Wildman–Crippen MR) is 89.8 cm³/mol. The maximum atomic E-state index is 12.7. The van der Waals surface area contributed by atoms with Crippen LogP contribution in [0.1, 0.15) is 57.0 Å².